The third-order valence-corrected chi connectivity index (χ3v) is 4.64. The molecule has 2 rings (SSSR count). The molecule has 0 radical (unpaired) electrons. The Morgan fingerprint density at radius 2 is 2.00 bits per heavy atom. The Hall–Kier alpha value is -0.570. The summed E-state index contributed by atoms with van der Waals surface area (Å²) in [6, 6.07) is 0.947. The predicted octanol–water partition coefficient (Wildman–Crippen LogP) is 2.89. The van der Waals surface area contributed by atoms with Crippen LogP contribution in [0.3, 0.4) is 0 Å². The lowest BCUT2D eigenvalue weighted by Gasteiger charge is -2.35. The van der Waals surface area contributed by atoms with Crippen LogP contribution in [0.1, 0.15) is 58.3 Å². The maximum atomic E-state index is 10.9. The number of rotatable bonds is 5. The molecule has 0 aromatic carbocycles. The molecule has 2 atom stereocenters. The first kappa shape index (κ1) is 12.9. The second kappa shape index (κ2) is 5.85. The lowest BCUT2D eigenvalue weighted by molar-refractivity contribution is -0.138. The maximum Gasteiger partial charge on any atom is 0.304 e. The number of aliphatic carboxylic acids is 1. The van der Waals surface area contributed by atoms with Crippen molar-refractivity contribution in [3.8, 4) is 0 Å². The minimum atomic E-state index is -0.645. The molecule has 1 aliphatic heterocycles. The van der Waals surface area contributed by atoms with Gasteiger partial charge in [-0.1, -0.05) is 19.8 Å². The molecule has 3 nitrogen and oxygen atoms in total. The molecule has 0 aromatic heterocycles. The fraction of sp³-hybridized carbons (Fsp3) is 0.929. The predicted molar refractivity (Wildman–Crippen MR) is 68.0 cm³/mol. The first-order valence-corrected chi connectivity index (χ1v) is 7.20. The number of hydrogen-bond acceptors (Lipinski definition) is 2. The highest BCUT2D eigenvalue weighted by molar-refractivity contribution is 5.67. The molecular formula is C14H25NO2. The zero-order valence-electron chi connectivity index (χ0n) is 10.9. The van der Waals surface area contributed by atoms with Crippen LogP contribution in [-0.4, -0.2) is 34.6 Å². The molecule has 2 aliphatic rings. The van der Waals surface area contributed by atoms with E-state index >= 15 is 0 Å². The summed E-state index contributed by atoms with van der Waals surface area (Å²) >= 11 is 0. The van der Waals surface area contributed by atoms with Gasteiger partial charge >= 0.3 is 5.97 Å². The summed E-state index contributed by atoms with van der Waals surface area (Å²) in [5.41, 5.74) is 0. The summed E-state index contributed by atoms with van der Waals surface area (Å²) in [5.74, 6) is 0.203. The Morgan fingerprint density at radius 3 is 2.59 bits per heavy atom. The molecule has 1 saturated heterocycles. The Bertz CT molecular complexity index is 261. The van der Waals surface area contributed by atoms with Crippen molar-refractivity contribution in [2.24, 2.45) is 5.92 Å². The first-order chi connectivity index (χ1) is 8.22. The van der Waals surface area contributed by atoms with Crippen LogP contribution in [0.5, 0.6) is 0 Å². The highest BCUT2D eigenvalue weighted by Crippen LogP contribution is 2.37. The minimum Gasteiger partial charge on any atom is -0.481 e. The van der Waals surface area contributed by atoms with Gasteiger partial charge < -0.3 is 5.11 Å². The molecule has 0 amide bonds. The number of carboxylic acid groups (broad SMARTS) is 1. The van der Waals surface area contributed by atoms with Gasteiger partial charge in [0.05, 0.1) is 6.42 Å². The van der Waals surface area contributed by atoms with E-state index in [2.05, 4.69) is 11.8 Å². The van der Waals surface area contributed by atoms with Gasteiger partial charge in [-0.3, -0.25) is 9.69 Å². The molecule has 2 fully saturated rings. The molecule has 3 heteroatoms. The highest BCUT2D eigenvalue weighted by Gasteiger charge is 2.36. The van der Waals surface area contributed by atoms with Crippen molar-refractivity contribution in [2.75, 3.05) is 6.54 Å². The normalized spacial score (nSPS) is 28.6. The van der Waals surface area contributed by atoms with Crippen molar-refractivity contribution >= 4 is 5.97 Å². The molecule has 0 aromatic rings. The van der Waals surface area contributed by atoms with Crippen LogP contribution in [0.25, 0.3) is 0 Å². The maximum absolute atomic E-state index is 10.9. The number of nitrogens with zero attached hydrogens (tertiary/aromatic N) is 1. The average molecular weight is 239 g/mol. The van der Waals surface area contributed by atoms with Crippen LogP contribution in [0.15, 0.2) is 0 Å². The van der Waals surface area contributed by atoms with Crippen molar-refractivity contribution in [2.45, 2.75) is 70.4 Å². The number of carboxylic acids is 1. The Balaban J connectivity index is 1.98. The average Bonchev–Trinajstić information content (AvgIpc) is 2.94. The van der Waals surface area contributed by atoms with Crippen LogP contribution in [-0.2, 0) is 4.79 Å². The van der Waals surface area contributed by atoms with Crippen molar-refractivity contribution in [1.29, 1.82) is 0 Å². The van der Waals surface area contributed by atoms with E-state index in [0.717, 1.165) is 18.9 Å². The molecule has 17 heavy (non-hydrogen) atoms. The first-order valence-electron chi connectivity index (χ1n) is 7.20. The molecule has 2 unspecified atom stereocenters. The van der Waals surface area contributed by atoms with Gasteiger partial charge in [-0.05, 0) is 44.6 Å². The molecule has 1 saturated carbocycles. The topological polar surface area (TPSA) is 40.5 Å². The fourth-order valence-corrected chi connectivity index (χ4v) is 3.81. The van der Waals surface area contributed by atoms with Crippen LogP contribution >= 0.6 is 0 Å². The monoisotopic (exact) mass is 239 g/mol. The van der Waals surface area contributed by atoms with E-state index in [0.29, 0.717) is 12.5 Å². The number of hydrogen-bond donors (Lipinski definition) is 1. The van der Waals surface area contributed by atoms with E-state index in [1.165, 1.54) is 38.5 Å². The zero-order chi connectivity index (χ0) is 12.3. The fourth-order valence-electron chi connectivity index (χ4n) is 3.81. The largest absolute Gasteiger partial charge is 0.481 e. The third-order valence-electron chi connectivity index (χ3n) is 4.64. The van der Waals surface area contributed by atoms with E-state index in [-0.39, 0.29) is 6.04 Å². The highest BCUT2D eigenvalue weighted by atomic mass is 16.4. The molecule has 1 heterocycles. The SMILES string of the molecule is CCC(CC(=O)O)N1CCCC1C1CCCC1. The van der Waals surface area contributed by atoms with Gasteiger partial charge in [0.1, 0.15) is 0 Å². The van der Waals surface area contributed by atoms with E-state index in [1.807, 2.05) is 0 Å². The van der Waals surface area contributed by atoms with Gasteiger partial charge in [0.15, 0.2) is 0 Å². The van der Waals surface area contributed by atoms with Crippen LogP contribution in [0.2, 0.25) is 0 Å². The standard InChI is InChI=1S/C14H25NO2/c1-2-12(10-14(16)17)15-9-5-8-13(15)11-6-3-4-7-11/h11-13H,2-10H2,1H3,(H,16,17). The Kier molecular flexibility index (Phi) is 4.43. The second-order valence-electron chi connectivity index (χ2n) is 5.65. The van der Waals surface area contributed by atoms with Gasteiger partial charge in [0, 0.05) is 12.1 Å². The van der Waals surface area contributed by atoms with Crippen molar-refractivity contribution in [3.63, 3.8) is 0 Å². The second-order valence-corrected chi connectivity index (χ2v) is 5.65. The van der Waals surface area contributed by atoms with Crippen molar-refractivity contribution < 1.29 is 9.90 Å². The molecule has 98 valence electrons. The number of carbonyl (C=O) groups is 1. The quantitative estimate of drug-likeness (QED) is 0.802. The van der Waals surface area contributed by atoms with Gasteiger partial charge in [-0.2, -0.15) is 0 Å². The Labute approximate surface area is 104 Å². The van der Waals surface area contributed by atoms with E-state index < -0.39 is 5.97 Å². The van der Waals surface area contributed by atoms with E-state index in [1.54, 1.807) is 0 Å². The molecule has 0 spiro atoms. The molecule has 0 bridgehead atoms. The third kappa shape index (κ3) is 3.01. The van der Waals surface area contributed by atoms with Crippen LogP contribution in [0, 0.1) is 5.92 Å². The van der Waals surface area contributed by atoms with Crippen molar-refractivity contribution in [3.05, 3.63) is 0 Å². The smallest absolute Gasteiger partial charge is 0.304 e. The van der Waals surface area contributed by atoms with E-state index in [9.17, 15) is 4.79 Å². The van der Waals surface area contributed by atoms with Gasteiger partial charge in [-0.25, -0.2) is 0 Å². The molecular weight excluding hydrogens is 214 g/mol. The lowest BCUT2D eigenvalue weighted by Crippen LogP contribution is -2.43. The lowest BCUT2D eigenvalue weighted by atomic mass is 9.94. The Morgan fingerprint density at radius 1 is 1.29 bits per heavy atom. The summed E-state index contributed by atoms with van der Waals surface area (Å²) in [6.07, 6.45) is 9.33. The zero-order valence-corrected chi connectivity index (χ0v) is 10.9. The van der Waals surface area contributed by atoms with Gasteiger partial charge in [0.25, 0.3) is 0 Å². The van der Waals surface area contributed by atoms with E-state index in [4.69, 9.17) is 5.11 Å². The van der Waals surface area contributed by atoms with Crippen LogP contribution < -0.4 is 0 Å². The summed E-state index contributed by atoms with van der Waals surface area (Å²) < 4.78 is 0. The van der Waals surface area contributed by atoms with Crippen molar-refractivity contribution in [1.82, 2.24) is 4.90 Å². The summed E-state index contributed by atoms with van der Waals surface area (Å²) in [5, 5.41) is 9.00. The summed E-state index contributed by atoms with van der Waals surface area (Å²) in [6.45, 7) is 3.24. The van der Waals surface area contributed by atoms with Crippen LogP contribution in [0.4, 0.5) is 0 Å². The van der Waals surface area contributed by atoms with Gasteiger partial charge in [-0.15, -0.1) is 0 Å². The summed E-state index contributed by atoms with van der Waals surface area (Å²) in [4.78, 5) is 13.4. The number of likely N-dealkylation sites (tertiary alicyclic amines) is 1. The summed E-state index contributed by atoms with van der Waals surface area (Å²) in [7, 11) is 0. The molecule has 1 N–H and O–H groups in total. The van der Waals surface area contributed by atoms with Gasteiger partial charge in [0.2, 0.25) is 0 Å². The molecule has 1 aliphatic carbocycles. The minimum absolute atomic E-state index is 0.264.